The van der Waals surface area contributed by atoms with Crippen molar-refractivity contribution >= 4 is 11.8 Å². The monoisotopic (exact) mass is 276 g/mol. The second kappa shape index (κ2) is 5.07. The van der Waals surface area contributed by atoms with Crippen molar-refractivity contribution in [1.29, 1.82) is 0 Å². The van der Waals surface area contributed by atoms with Crippen molar-refractivity contribution in [2.75, 3.05) is 11.4 Å². The molecule has 0 aliphatic heterocycles. The zero-order chi connectivity index (χ0) is 14.8. The number of alkyl halides is 3. The molecule has 0 bridgehead atoms. The molecule has 0 saturated carbocycles. The number of nitrogens with zero attached hydrogens (tertiary/aromatic N) is 2. The van der Waals surface area contributed by atoms with E-state index in [-0.39, 0.29) is 12.4 Å². The van der Waals surface area contributed by atoms with Gasteiger partial charge in [-0.25, -0.2) is 4.98 Å². The van der Waals surface area contributed by atoms with Gasteiger partial charge in [-0.1, -0.05) is 0 Å². The standard InChI is InChI=1S/C12H15F3N2O2/c1-11(2,3)17(7-10(18)19)9-5-4-8(6-16-9)12(13,14)15/h4-6H,7H2,1-3H3,(H,18,19). The molecule has 0 aliphatic rings. The van der Waals surface area contributed by atoms with Crippen LogP contribution in [0.5, 0.6) is 0 Å². The first-order valence-electron chi connectivity index (χ1n) is 5.54. The van der Waals surface area contributed by atoms with Crippen molar-refractivity contribution in [3.63, 3.8) is 0 Å². The van der Waals surface area contributed by atoms with E-state index in [1.54, 1.807) is 20.8 Å². The molecule has 1 heterocycles. The van der Waals surface area contributed by atoms with Crippen molar-refractivity contribution in [1.82, 2.24) is 4.98 Å². The molecule has 0 radical (unpaired) electrons. The van der Waals surface area contributed by atoms with Crippen molar-refractivity contribution in [2.24, 2.45) is 0 Å². The van der Waals surface area contributed by atoms with Crippen molar-refractivity contribution < 1.29 is 23.1 Å². The number of pyridine rings is 1. The normalized spacial score (nSPS) is 12.3. The molecule has 1 N–H and O–H groups in total. The second-order valence-corrected chi connectivity index (χ2v) is 5.05. The Balaban J connectivity index is 3.08. The number of hydrogen-bond acceptors (Lipinski definition) is 3. The van der Waals surface area contributed by atoms with E-state index in [1.165, 1.54) is 11.0 Å². The molecular formula is C12H15F3N2O2. The quantitative estimate of drug-likeness (QED) is 0.922. The summed E-state index contributed by atoms with van der Waals surface area (Å²) in [5.74, 6) is -0.875. The number of carboxylic acids is 1. The minimum Gasteiger partial charge on any atom is -0.480 e. The fourth-order valence-electron chi connectivity index (χ4n) is 1.51. The van der Waals surface area contributed by atoms with Gasteiger partial charge in [-0.05, 0) is 32.9 Å². The summed E-state index contributed by atoms with van der Waals surface area (Å²) in [4.78, 5) is 15.9. The number of carbonyl (C=O) groups is 1. The van der Waals surface area contributed by atoms with Gasteiger partial charge in [0.05, 0.1) is 5.56 Å². The Morgan fingerprint density at radius 2 is 1.89 bits per heavy atom. The van der Waals surface area contributed by atoms with Gasteiger partial charge in [-0.2, -0.15) is 13.2 Å². The van der Waals surface area contributed by atoms with Gasteiger partial charge in [0.25, 0.3) is 0 Å². The van der Waals surface area contributed by atoms with Crippen LogP contribution in [0.3, 0.4) is 0 Å². The van der Waals surface area contributed by atoms with Gasteiger partial charge >= 0.3 is 12.1 Å². The lowest BCUT2D eigenvalue weighted by Crippen LogP contribution is -2.45. The van der Waals surface area contributed by atoms with Crippen LogP contribution in [0, 0.1) is 0 Å². The van der Waals surface area contributed by atoms with E-state index >= 15 is 0 Å². The fourth-order valence-corrected chi connectivity index (χ4v) is 1.51. The van der Waals surface area contributed by atoms with E-state index < -0.39 is 23.2 Å². The van der Waals surface area contributed by atoms with Crippen LogP contribution in [0.15, 0.2) is 18.3 Å². The molecule has 0 aromatic carbocycles. The number of rotatable bonds is 3. The highest BCUT2D eigenvalue weighted by Crippen LogP contribution is 2.30. The van der Waals surface area contributed by atoms with Crippen LogP contribution in [0.4, 0.5) is 19.0 Å². The summed E-state index contributed by atoms with van der Waals surface area (Å²) in [5.41, 5.74) is -1.43. The second-order valence-electron chi connectivity index (χ2n) is 5.05. The molecule has 4 nitrogen and oxygen atoms in total. The first-order valence-corrected chi connectivity index (χ1v) is 5.54. The smallest absolute Gasteiger partial charge is 0.417 e. The van der Waals surface area contributed by atoms with Gasteiger partial charge in [-0.3, -0.25) is 4.79 Å². The van der Waals surface area contributed by atoms with E-state index in [0.717, 1.165) is 6.07 Å². The molecule has 0 saturated heterocycles. The Kier molecular flexibility index (Phi) is 4.07. The minimum absolute atomic E-state index is 0.197. The number of halogens is 3. The summed E-state index contributed by atoms with van der Waals surface area (Å²) in [5, 5.41) is 8.84. The molecular weight excluding hydrogens is 261 g/mol. The zero-order valence-electron chi connectivity index (χ0n) is 10.8. The maximum atomic E-state index is 12.4. The van der Waals surface area contributed by atoms with Gasteiger partial charge in [0.1, 0.15) is 12.4 Å². The van der Waals surface area contributed by atoms with Gasteiger partial charge in [0.2, 0.25) is 0 Å². The van der Waals surface area contributed by atoms with Gasteiger partial charge in [-0.15, -0.1) is 0 Å². The van der Waals surface area contributed by atoms with Crippen LogP contribution in [0.25, 0.3) is 0 Å². The highest BCUT2D eigenvalue weighted by Gasteiger charge is 2.31. The lowest BCUT2D eigenvalue weighted by Gasteiger charge is -2.35. The molecule has 0 amide bonds. The first kappa shape index (κ1) is 15.3. The maximum Gasteiger partial charge on any atom is 0.417 e. The van der Waals surface area contributed by atoms with E-state index in [9.17, 15) is 18.0 Å². The van der Waals surface area contributed by atoms with Crippen LogP contribution in [-0.4, -0.2) is 28.1 Å². The predicted molar refractivity (Wildman–Crippen MR) is 64.0 cm³/mol. The maximum absolute atomic E-state index is 12.4. The van der Waals surface area contributed by atoms with Crippen LogP contribution in [-0.2, 0) is 11.0 Å². The Morgan fingerprint density at radius 3 is 2.21 bits per heavy atom. The summed E-state index contributed by atoms with van der Waals surface area (Å²) in [6, 6.07) is 2.07. The SMILES string of the molecule is CC(C)(C)N(CC(=O)O)c1ccc(C(F)(F)F)cn1. The zero-order valence-corrected chi connectivity index (χ0v) is 10.8. The largest absolute Gasteiger partial charge is 0.480 e. The predicted octanol–water partition coefficient (Wildman–Crippen LogP) is 2.79. The highest BCUT2D eigenvalue weighted by molar-refractivity contribution is 5.73. The summed E-state index contributed by atoms with van der Waals surface area (Å²) in [6.45, 7) is 4.95. The molecule has 0 fully saturated rings. The van der Waals surface area contributed by atoms with Crippen molar-refractivity contribution in [3.8, 4) is 0 Å². The number of anilines is 1. The third kappa shape index (κ3) is 4.11. The lowest BCUT2D eigenvalue weighted by molar-refractivity contribution is -0.138. The van der Waals surface area contributed by atoms with Gasteiger partial charge in [0.15, 0.2) is 0 Å². The number of aromatic nitrogens is 1. The summed E-state index contributed by atoms with van der Waals surface area (Å²) < 4.78 is 37.3. The van der Waals surface area contributed by atoms with E-state index in [0.29, 0.717) is 6.20 Å². The highest BCUT2D eigenvalue weighted by atomic mass is 19.4. The Labute approximate surface area is 108 Å². The third-order valence-corrected chi connectivity index (χ3v) is 2.45. The molecule has 1 aromatic rings. The van der Waals surface area contributed by atoms with Crippen LogP contribution in [0.2, 0.25) is 0 Å². The molecule has 7 heteroatoms. The lowest BCUT2D eigenvalue weighted by atomic mass is 10.1. The third-order valence-electron chi connectivity index (χ3n) is 2.45. The fraction of sp³-hybridized carbons (Fsp3) is 0.500. The van der Waals surface area contributed by atoms with E-state index in [1.807, 2.05) is 0 Å². The van der Waals surface area contributed by atoms with Crippen LogP contribution in [0.1, 0.15) is 26.3 Å². The molecule has 0 atom stereocenters. The Morgan fingerprint density at radius 1 is 1.32 bits per heavy atom. The van der Waals surface area contributed by atoms with Crippen LogP contribution >= 0.6 is 0 Å². The summed E-state index contributed by atoms with van der Waals surface area (Å²) >= 11 is 0. The van der Waals surface area contributed by atoms with Crippen molar-refractivity contribution in [3.05, 3.63) is 23.9 Å². The molecule has 0 aliphatic carbocycles. The van der Waals surface area contributed by atoms with Gasteiger partial charge < -0.3 is 10.0 Å². The average Bonchev–Trinajstić information content (AvgIpc) is 2.23. The number of carboxylic acid groups (broad SMARTS) is 1. The average molecular weight is 276 g/mol. The van der Waals surface area contributed by atoms with Gasteiger partial charge in [0, 0.05) is 11.7 Å². The molecule has 0 spiro atoms. The topological polar surface area (TPSA) is 53.4 Å². The number of aliphatic carboxylic acids is 1. The summed E-state index contributed by atoms with van der Waals surface area (Å²) in [6.07, 6.45) is -3.75. The molecule has 19 heavy (non-hydrogen) atoms. The molecule has 106 valence electrons. The Hall–Kier alpha value is -1.79. The number of hydrogen-bond donors (Lipinski definition) is 1. The molecule has 0 unspecified atom stereocenters. The van der Waals surface area contributed by atoms with Crippen LogP contribution < -0.4 is 4.90 Å². The molecule has 1 aromatic heterocycles. The minimum atomic E-state index is -4.45. The first-order chi connectivity index (χ1) is 8.51. The van der Waals surface area contributed by atoms with Crippen molar-refractivity contribution in [2.45, 2.75) is 32.5 Å². The van der Waals surface area contributed by atoms with E-state index in [2.05, 4.69) is 4.98 Å². The Bertz CT molecular complexity index is 450. The summed E-state index contributed by atoms with van der Waals surface area (Å²) in [7, 11) is 0. The molecule has 1 rings (SSSR count). The van der Waals surface area contributed by atoms with E-state index in [4.69, 9.17) is 5.11 Å².